The Labute approximate surface area is 85.1 Å². The van der Waals surface area contributed by atoms with E-state index in [0.717, 1.165) is 16.4 Å². The quantitative estimate of drug-likeness (QED) is 0.769. The lowest BCUT2D eigenvalue weighted by molar-refractivity contribution is 0.112. The molecule has 0 unspecified atom stereocenters. The number of fused-ring (bicyclic) bond motifs is 1. The number of thiophene rings is 1. The Morgan fingerprint density at radius 1 is 1.50 bits per heavy atom. The number of anilines is 1. The number of carbonyl (C=O) groups is 1. The molecule has 0 saturated carbocycles. The summed E-state index contributed by atoms with van der Waals surface area (Å²) in [6.07, 6.45) is 0.773. The largest absolute Gasteiger partial charge is 0.495 e. The lowest BCUT2D eigenvalue weighted by Gasteiger charge is -2.05. The van der Waals surface area contributed by atoms with Gasteiger partial charge in [0.25, 0.3) is 0 Å². The zero-order valence-corrected chi connectivity index (χ0v) is 8.43. The highest BCUT2D eigenvalue weighted by atomic mass is 32.1. The molecule has 0 saturated heterocycles. The summed E-state index contributed by atoms with van der Waals surface area (Å²) in [5, 5.41) is 2.68. The van der Waals surface area contributed by atoms with Gasteiger partial charge in [0.15, 0.2) is 6.29 Å². The van der Waals surface area contributed by atoms with Crippen molar-refractivity contribution in [3.63, 3.8) is 0 Å². The van der Waals surface area contributed by atoms with Crippen molar-refractivity contribution in [3.05, 3.63) is 23.1 Å². The van der Waals surface area contributed by atoms with Crippen LogP contribution in [0.15, 0.2) is 17.5 Å². The van der Waals surface area contributed by atoms with E-state index < -0.39 is 0 Å². The number of methoxy groups -OCH3 is 1. The lowest BCUT2D eigenvalue weighted by Crippen LogP contribution is -1.92. The molecule has 0 radical (unpaired) electrons. The Kier molecular flexibility index (Phi) is 2.13. The van der Waals surface area contributed by atoms with Crippen LogP contribution in [0.3, 0.4) is 0 Å². The van der Waals surface area contributed by atoms with Crippen molar-refractivity contribution in [1.29, 1.82) is 0 Å². The summed E-state index contributed by atoms with van der Waals surface area (Å²) >= 11 is 1.54. The van der Waals surface area contributed by atoms with E-state index in [1.165, 1.54) is 0 Å². The average Bonchev–Trinajstić information content (AvgIpc) is 2.59. The average molecular weight is 207 g/mol. The fourth-order valence-electron chi connectivity index (χ4n) is 1.45. The summed E-state index contributed by atoms with van der Waals surface area (Å²) in [6.45, 7) is 0. The molecule has 0 aliphatic rings. The third-order valence-electron chi connectivity index (χ3n) is 2.08. The predicted molar refractivity (Wildman–Crippen MR) is 58.2 cm³/mol. The number of nitrogen functional groups attached to an aromatic ring is 1. The van der Waals surface area contributed by atoms with Gasteiger partial charge in [-0.3, -0.25) is 4.79 Å². The van der Waals surface area contributed by atoms with Gasteiger partial charge < -0.3 is 10.5 Å². The molecular formula is C10H9NO2S. The van der Waals surface area contributed by atoms with E-state index in [1.807, 2.05) is 11.4 Å². The zero-order chi connectivity index (χ0) is 10.1. The van der Waals surface area contributed by atoms with E-state index in [1.54, 1.807) is 24.5 Å². The molecule has 0 atom stereocenters. The number of benzene rings is 1. The SMILES string of the molecule is COc1c(C=O)ccc2scc(N)c12. The standard InChI is InChI=1S/C10H9NO2S/c1-13-10-6(4-12)2-3-8-9(10)7(11)5-14-8/h2-5H,11H2,1H3. The second-order valence-corrected chi connectivity index (χ2v) is 3.78. The van der Waals surface area contributed by atoms with Gasteiger partial charge in [0.1, 0.15) is 5.75 Å². The first kappa shape index (κ1) is 9.02. The Hall–Kier alpha value is -1.55. The highest BCUT2D eigenvalue weighted by Gasteiger charge is 2.11. The van der Waals surface area contributed by atoms with Gasteiger partial charge in [-0.1, -0.05) is 0 Å². The molecule has 0 fully saturated rings. The van der Waals surface area contributed by atoms with E-state index in [2.05, 4.69) is 0 Å². The molecular weight excluding hydrogens is 198 g/mol. The van der Waals surface area contributed by atoms with Crippen molar-refractivity contribution in [2.75, 3.05) is 12.8 Å². The van der Waals surface area contributed by atoms with Crippen LogP contribution in [0.4, 0.5) is 5.69 Å². The molecule has 1 heterocycles. The number of carbonyl (C=O) groups excluding carboxylic acids is 1. The van der Waals surface area contributed by atoms with Crippen molar-refractivity contribution in [2.45, 2.75) is 0 Å². The molecule has 0 aliphatic carbocycles. The van der Waals surface area contributed by atoms with Crippen LogP contribution in [0.2, 0.25) is 0 Å². The van der Waals surface area contributed by atoms with Crippen LogP contribution >= 0.6 is 11.3 Å². The van der Waals surface area contributed by atoms with Crippen LogP contribution in [0, 0.1) is 0 Å². The van der Waals surface area contributed by atoms with Crippen molar-refractivity contribution >= 4 is 33.4 Å². The van der Waals surface area contributed by atoms with Crippen molar-refractivity contribution in [2.24, 2.45) is 0 Å². The van der Waals surface area contributed by atoms with Gasteiger partial charge in [-0.2, -0.15) is 0 Å². The van der Waals surface area contributed by atoms with Gasteiger partial charge in [0.2, 0.25) is 0 Å². The molecule has 4 heteroatoms. The van der Waals surface area contributed by atoms with Gasteiger partial charge in [-0.25, -0.2) is 0 Å². The maximum absolute atomic E-state index is 10.7. The molecule has 72 valence electrons. The van der Waals surface area contributed by atoms with Gasteiger partial charge in [0.05, 0.1) is 23.7 Å². The fourth-order valence-corrected chi connectivity index (χ4v) is 2.30. The second-order valence-electron chi connectivity index (χ2n) is 2.87. The minimum atomic E-state index is 0.533. The highest BCUT2D eigenvalue weighted by Crippen LogP contribution is 2.37. The van der Waals surface area contributed by atoms with Crippen LogP contribution in [0.25, 0.3) is 10.1 Å². The van der Waals surface area contributed by atoms with Crippen molar-refractivity contribution in [3.8, 4) is 5.75 Å². The first-order valence-electron chi connectivity index (χ1n) is 4.06. The molecule has 0 aliphatic heterocycles. The number of rotatable bonds is 2. The molecule has 0 amide bonds. The molecule has 0 bridgehead atoms. The van der Waals surface area contributed by atoms with Crippen LogP contribution in [0.1, 0.15) is 10.4 Å². The van der Waals surface area contributed by atoms with Crippen molar-refractivity contribution in [1.82, 2.24) is 0 Å². The number of nitrogens with two attached hydrogens (primary N) is 1. The van der Waals surface area contributed by atoms with E-state index in [4.69, 9.17) is 10.5 Å². The van der Waals surface area contributed by atoms with Crippen LogP contribution in [-0.4, -0.2) is 13.4 Å². The third kappa shape index (κ3) is 1.15. The van der Waals surface area contributed by atoms with Gasteiger partial charge in [0, 0.05) is 10.1 Å². The van der Waals surface area contributed by atoms with Crippen molar-refractivity contribution < 1.29 is 9.53 Å². The van der Waals surface area contributed by atoms with Crippen LogP contribution in [0.5, 0.6) is 5.75 Å². The summed E-state index contributed by atoms with van der Waals surface area (Å²) in [5.41, 5.74) is 6.98. The predicted octanol–water partition coefficient (Wildman–Crippen LogP) is 2.30. The molecule has 2 aromatic rings. The van der Waals surface area contributed by atoms with Crippen LogP contribution in [-0.2, 0) is 0 Å². The summed E-state index contributed by atoms with van der Waals surface area (Å²) in [6, 6.07) is 3.62. The smallest absolute Gasteiger partial charge is 0.153 e. The number of hydrogen-bond donors (Lipinski definition) is 1. The molecule has 1 aromatic carbocycles. The van der Waals surface area contributed by atoms with Gasteiger partial charge >= 0.3 is 0 Å². The zero-order valence-electron chi connectivity index (χ0n) is 7.61. The maximum Gasteiger partial charge on any atom is 0.153 e. The first-order chi connectivity index (χ1) is 6.77. The van der Waals surface area contributed by atoms with Gasteiger partial charge in [-0.15, -0.1) is 11.3 Å². The summed E-state index contributed by atoms with van der Waals surface area (Å²) in [4.78, 5) is 10.7. The molecule has 0 spiro atoms. The highest BCUT2D eigenvalue weighted by molar-refractivity contribution is 7.17. The summed E-state index contributed by atoms with van der Waals surface area (Å²) in [7, 11) is 1.54. The lowest BCUT2D eigenvalue weighted by atomic mass is 10.1. The van der Waals surface area contributed by atoms with E-state index in [9.17, 15) is 4.79 Å². The van der Waals surface area contributed by atoms with E-state index in [-0.39, 0.29) is 0 Å². The molecule has 3 nitrogen and oxygen atoms in total. The monoisotopic (exact) mass is 207 g/mol. The fraction of sp³-hybridized carbons (Fsp3) is 0.100. The number of aldehydes is 1. The second kappa shape index (κ2) is 3.31. The minimum Gasteiger partial charge on any atom is -0.495 e. The molecule has 14 heavy (non-hydrogen) atoms. The number of ether oxygens (including phenoxy) is 1. The van der Waals surface area contributed by atoms with E-state index >= 15 is 0 Å². The maximum atomic E-state index is 10.7. The Morgan fingerprint density at radius 3 is 2.93 bits per heavy atom. The molecule has 1 aromatic heterocycles. The summed E-state index contributed by atoms with van der Waals surface area (Å²) < 4.78 is 6.22. The van der Waals surface area contributed by atoms with Crippen LogP contribution < -0.4 is 10.5 Å². The minimum absolute atomic E-state index is 0.533. The third-order valence-corrected chi connectivity index (χ3v) is 3.05. The Bertz CT molecular complexity index is 490. The summed E-state index contributed by atoms with van der Waals surface area (Å²) in [5.74, 6) is 0.566. The van der Waals surface area contributed by atoms with E-state index in [0.29, 0.717) is 17.0 Å². The first-order valence-corrected chi connectivity index (χ1v) is 4.94. The van der Waals surface area contributed by atoms with Gasteiger partial charge in [-0.05, 0) is 12.1 Å². The Balaban J connectivity index is 2.87. The topological polar surface area (TPSA) is 52.3 Å². The number of hydrogen-bond acceptors (Lipinski definition) is 4. The molecule has 2 N–H and O–H groups in total. The normalized spacial score (nSPS) is 10.4. The Morgan fingerprint density at radius 2 is 2.29 bits per heavy atom. The molecule has 2 rings (SSSR count).